The standard InChI is InChI=1S/C17H27N7O/c1-11-9-13(3)24-16(18-11)20-15(22-24)21-17(25)19-12(2)10-14-7-5-6-8-23(14)4/h9,12,14H,5-8,10H2,1-4H3,(H2,19,21,22,25). The molecule has 136 valence electrons. The van der Waals surface area contributed by atoms with Gasteiger partial charge in [-0.25, -0.2) is 9.78 Å². The molecule has 0 aliphatic carbocycles. The maximum absolute atomic E-state index is 12.2. The van der Waals surface area contributed by atoms with E-state index in [0.29, 0.717) is 11.8 Å². The second-order valence-corrected chi connectivity index (χ2v) is 7.05. The Bertz CT molecular complexity index is 757. The predicted molar refractivity (Wildman–Crippen MR) is 96.8 cm³/mol. The molecular formula is C17H27N7O. The lowest BCUT2D eigenvalue weighted by Gasteiger charge is -2.34. The maximum Gasteiger partial charge on any atom is 0.321 e. The van der Waals surface area contributed by atoms with Crippen LogP contribution in [0.5, 0.6) is 0 Å². The summed E-state index contributed by atoms with van der Waals surface area (Å²) in [6.45, 7) is 7.02. The number of amides is 2. The number of aryl methyl sites for hydroxylation is 2. The minimum atomic E-state index is -0.281. The molecule has 3 rings (SSSR count). The molecule has 0 aromatic carbocycles. The van der Waals surface area contributed by atoms with Gasteiger partial charge in [0.05, 0.1) is 0 Å². The second-order valence-electron chi connectivity index (χ2n) is 7.05. The van der Waals surface area contributed by atoms with Crippen molar-refractivity contribution in [1.82, 2.24) is 29.8 Å². The van der Waals surface area contributed by atoms with Gasteiger partial charge in [0.15, 0.2) is 0 Å². The topological polar surface area (TPSA) is 87.5 Å². The van der Waals surface area contributed by atoms with Crippen LogP contribution >= 0.6 is 0 Å². The molecule has 25 heavy (non-hydrogen) atoms. The molecule has 1 fully saturated rings. The zero-order chi connectivity index (χ0) is 18.0. The van der Waals surface area contributed by atoms with Gasteiger partial charge in [0.25, 0.3) is 11.7 Å². The molecule has 8 nitrogen and oxygen atoms in total. The maximum atomic E-state index is 12.2. The number of hydrogen-bond donors (Lipinski definition) is 2. The Morgan fingerprint density at radius 1 is 1.36 bits per heavy atom. The molecule has 3 heterocycles. The molecule has 1 saturated heterocycles. The van der Waals surface area contributed by atoms with Crippen molar-refractivity contribution in [3.63, 3.8) is 0 Å². The van der Waals surface area contributed by atoms with Crippen molar-refractivity contribution < 1.29 is 4.79 Å². The molecule has 0 spiro atoms. The SMILES string of the molecule is Cc1cc(C)n2nc(NC(=O)NC(C)CC3CCCCN3C)nc2n1. The zero-order valence-electron chi connectivity index (χ0n) is 15.4. The number of hydrogen-bond acceptors (Lipinski definition) is 5. The van der Waals surface area contributed by atoms with Crippen molar-refractivity contribution in [1.29, 1.82) is 0 Å². The number of aromatic nitrogens is 4. The lowest BCUT2D eigenvalue weighted by atomic mass is 9.97. The summed E-state index contributed by atoms with van der Waals surface area (Å²) in [6, 6.07) is 2.27. The Kier molecular flexibility index (Phi) is 5.17. The number of anilines is 1. The summed E-state index contributed by atoms with van der Waals surface area (Å²) in [5.41, 5.74) is 1.80. The number of likely N-dealkylation sites (tertiary alicyclic amines) is 1. The van der Waals surface area contributed by atoms with Gasteiger partial charge in [0.1, 0.15) is 0 Å². The van der Waals surface area contributed by atoms with Crippen LogP contribution < -0.4 is 10.6 Å². The van der Waals surface area contributed by atoms with Gasteiger partial charge >= 0.3 is 6.03 Å². The van der Waals surface area contributed by atoms with E-state index in [2.05, 4.69) is 37.6 Å². The van der Waals surface area contributed by atoms with Crippen LogP contribution in [0.25, 0.3) is 5.78 Å². The molecular weight excluding hydrogens is 318 g/mol. The highest BCUT2D eigenvalue weighted by atomic mass is 16.2. The van der Waals surface area contributed by atoms with Crippen LogP contribution in [-0.4, -0.2) is 56.2 Å². The van der Waals surface area contributed by atoms with Crippen molar-refractivity contribution in [2.45, 2.75) is 58.5 Å². The first-order chi connectivity index (χ1) is 11.9. The summed E-state index contributed by atoms with van der Waals surface area (Å²) >= 11 is 0. The second kappa shape index (κ2) is 7.35. The Hall–Kier alpha value is -2.22. The molecule has 2 aromatic heterocycles. The van der Waals surface area contributed by atoms with Crippen LogP contribution in [0.15, 0.2) is 6.07 Å². The van der Waals surface area contributed by atoms with Crippen molar-refractivity contribution in [2.24, 2.45) is 0 Å². The number of fused-ring (bicyclic) bond motifs is 1. The first kappa shape index (κ1) is 17.6. The van der Waals surface area contributed by atoms with Crippen LogP contribution in [0, 0.1) is 13.8 Å². The van der Waals surface area contributed by atoms with Gasteiger partial charge < -0.3 is 10.2 Å². The smallest absolute Gasteiger partial charge is 0.321 e. The van der Waals surface area contributed by atoms with E-state index >= 15 is 0 Å². The van der Waals surface area contributed by atoms with Crippen LogP contribution in [0.1, 0.15) is 44.0 Å². The van der Waals surface area contributed by atoms with E-state index in [1.807, 2.05) is 26.8 Å². The first-order valence-corrected chi connectivity index (χ1v) is 8.91. The molecule has 2 atom stereocenters. The van der Waals surface area contributed by atoms with E-state index in [9.17, 15) is 4.79 Å². The third-order valence-electron chi connectivity index (χ3n) is 4.77. The monoisotopic (exact) mass is 345 g/mol. The minimum Gasteiger partial charge on any atom is -0.335 e. The molecule has 0 bridgehead atoms. The Morgan fingerprint density at radius 3 is 2.92 bits per heavy atom. The third kappa shape index (κ3) is 4.25. The summed E-state index contributed by atoms with van der Waals surface area (Å²) < 4.78 is 1.63. The molecule has 2 aromatic rings. The molecule has 1 aliphatic heterocycles. The van der Waals surface area contributed by atoms with Crippen molar-refractivity contribution in [3.05, 3.63) is 17.5 Å². The predicted octanol–water partition coefficient (Wildman–Crippen LogP) is 2.13. The Balaban J connectivity index is 1.57. The molecule has 0 saturated carbocycles. The Labute approximate surface area is 148 Å². The van der Waals surface area contributed by atoms with E-state index in [1.54, 1.807) is 4.52 Å². The summed E-state index contributed by atoms with van der Waals surface area (Å²) in [5.74, 6) is 0.755. The number of carbonyl (C=O) groups excluding carboxylic acids is 1. The summed E-state index contributed by atoms with van der Waals surface area (Å²) in [7, 11) is 2.16. The molecule has 0 radical (unpaired) electrons. The zero-order valence-corrected chi connectivity index (χ0v) is 15.4. The average molecular weight is 345 g/mol. The van der Waals surface area contributed by atoms with Gasteiger partial charge in [0.2, 0.25) is 0 Å². The van der Waals surface area contributed by atoms with E-state index in [-0.39, 0.29) is 18.0 Å². The van der Waals surface area contributed by atoms with Crippen molar-refractivity contribution in [2.75, 3.05) is 18.9 Å². The number of nitrogens with one attached hydrogen (secondary N) is 2. The van der Waals surface area contributed by atoms with E-state index in [4.69, 9.17) is 0 Å². The average Bonchev–Trinajstić information content (AvgIpc) is 2.91. The fourth-order valence-electron chi connectivity index (χ4n) is 3.49. The van der Waals surface area contributed by atoms with E-state index in [1.165, 1.54) is 19.3 Å². The number of piperidine rings is 1. The summed E-state index contributed by atoms with van der Waals surface area (Å²) in [4.78, 5) is 23.2. The van der Waals surface area contributed by atoms with Gasteiger partial charge in [-0.2, -0.15) is 9.50 Å². The van der Waals surface area contributed by atoms with Crippen LogP contribution in [-0.2, 0) is 0 Å². The van der Waals surface area contributed by atoms with Crippen LogP contribution in [0.3, 0.4) is 0 Å². The van der Waals surface area contributed by atoms with Gasteiger partial charge in [-0.1, -0.05) is 6.42 Å². The normalized spacial score (nSPS) is 19.8. The first-order valence-electron chi connectivity index (χ1n) is 8.91. The largest absolute Gasteiger partial charge is 0.335 e. The lowest BCUT2D eigenvalue weighted by molar-refractivity contribution is 0.166. The molecule has 2 amide bonds. The quantitative estimate of drug-likeness (QED) is 0.886. The number of carbonyl (C=O) groups is 1. The fourth-order valence-corrected chi connectivity index (χ4v) is 3.49. The van der Waals surface area contributed by atoms with Gasteiger partial charge in [-0.05, 0) is 59.7 Å². The van der Waals surface area contributed by atoms with E-state index < -0.39 is 0 Å². The van der Waals surface area contributed by atoms with Crippen LogP contribution in [0.4, 0.5) is 10.7 Å². The van der Waals surface area contributed by atoms with E-state index in [0.717, 1.165) is 24.4 Å². The molecule has 1 aliphatic rings. The summed E-state index contributed by atoms with van der Waals surface area (Å²) in [6.07, 6.45) is 4.68. The van der Waals surface area contributed by atoms with Gasteiger partial charge in [0, 0.05) is 23.5 Å². The highest BCUT2D eigenvalue weighted by Gasteiger charge is 2.22. The minimum absolute atomic E-state index is 0.0877. The van der Waals surface area contributed by atoms with Crippen molar-refractivity contribution >= 4 is 17.8 Å². The molecule has 8 heteroatoms. The Morgan fingerprint density at radius 2 is 2.16 bits per heavy atom. The van der Waals surface area contributed by atoms with Gasteiger partial charge in [-0.15, -0.1) is 5.10 Å². The van der Waals surface area contributed by atoms with Crippen molar-refractivity contribution in [3.8, 4) is 0 Å². The van der Waals surface area contributed by atoms with Crippen LogP contribution in [0.2, 0.25) is 0 Å². The number of nitrogens with zero attached hydrogens (tertiary/aromatic N) is 5. The highest BCUT2D eigenvalue weighted by Crippen LogP contribution is 2.19. The third-order valence-corrected chi connectivity index (χ3v) is 4.77. The fraction of sp³-hybridized carbons (Fsp3) is 0.647. The number of rotatable bonds is 4. The summed E-state index contributed by atoms with van der Waals surface area (Å²) in [5, 5.41) is 9.98. The highest BCUT2D eigenvalue weighted by molar-refractivity contribution is 5.87. The molecule has 2 N–H and O–H groups in total. The lowest BCUT2D eigenvalue weighted by Crippen LogP contribution is -2.43. The van der Waals surface area contributed by atoms with Gasteiger partial charge in [-0.3, -0.25) is 5.32 Å². The number of urea groups is 1. The molecule has 2 unspecified atom stereocenters.